The van der Waals surface area contributed by atoms with Crippen molar-refractivity contribution < 1.29 is 9.53 Å². The van der Waals surface area contributed by atoms with Crippen molar-refractivity contribution in [1.82, 2.24) is 9.80 Å². The maximum absolute atomic E-state index is 12.1. The second-order valence-electron chi connectivity index (χ2n) is 5.19. The van der Waals surface area contributed by atoms with E-state index in [1.807, 2.05) is 29.0 Å². The molecule has 5 nitrogen and oxygen atoms in total. The highest BCUT2D eigenvalue weighted by atomic mass is 16.5. The lowest BCUT2D eigenvalue weighted by Gasteiger charge is -2.28. The van der Waals surface area contributed by atoms with E-state index in [-0.39, 0.29) is 5.91 Å². The molecule has 0 radical (unpaired) electrons. The van der Waals surface area contributed by atoms with Gasteiger partial charge >= 0.3 is 0 Å². The number of morpholine rings is 1. The lowest BCUT2D eigenvalue weighted by molar-refractivity contribution is -0.136. The summed E-state index contributed by atoms with van der Waals surface area (Å²) in [5.74, 6) is 0.175. The zero-order chi connectivity index (χ0) is 14.4. The number of benzene rings is 1. The summed E-state index contributed by atoms with van der Waals surface area (Å²) in [6.45, 7) is 4.48. The van der Waals surface area contributed by atoms with Gasteiger partial charge in [0.15, 0.2) is 0 Å². The van der Waals surface area contributed by atoms with Gasteiger partial charge in [-0.1, -0.05) is 24.3 Å². The fourth-order valence-electron chi connectivity index (χ4n) is 2.29. The van der Waals surface area contributed by atoms with Gasteiger partial charge in [-0.3, -0.25) is 9.69 Å². The van der Waals surface area contributed by atoms with Crippen LogP contribution in [0.1, 0.15) is 11.1 Å². The van der Waals surface area contributed by atoms with Crippen LogP contribution in [0.3, 0.4) is 0 Å². The molecular weight excluding hydrogens is 254 g/mol. The van der Waals surface area contributed by atoms with E-state index < -0.39 is 0 Å². The third kappa shape index (κ3) is 4.30. The fourth-order valence-corrected chi connectivity index (χ4v) is 2.29. The first-order valence-electron chi connectivity index (χ1n) is 7.01. The highest BCUT2D eigenvalue weighted by molar-refractivity contribution is 5.78. The third-order valence-electron chi connectivity index (χ3n) is 3.48. The standard InChI is InChI=1S/C15H23N3O2/c1-17(11-14-4-2-13(10-16)3-5-14)12-15(19)18-6-8-20-9-7-18/h2-5H,6-12,16H2,1H3. The molecule has 0 atom stereocenters. The summed E-state index contributed by atoms with van der Waals surface area (Å²) in [7, 11) is 1.97. The Morgan fingerprint density at radius 2 is 1.85 bits per heavy atom. The van der Waals surface area contributed by atoms with Crippen LogP contribution in [-0.4, -0.2) is 55.6 Å². The summed E-state index contributed by atoms with van der Waals surface area (Å²) in [5.41, 5.74) is 7.90. The summed E-state index contributed by atoms with van der Waals surface area (Å²) in [5, 5.41) is 0. The Bertz CT molecular complexity index is 427. The first-order chi connectivity index (χ1) is 9.69. The van der Waals surface area contributed by atoms with Gasteiger partial charge in [-0.05, 0) is 18.2 Å². The van der Waals surface area contributed by atoms with Crippen molar-refractivity contribution in [3.63, 3.8) is 0 Å². The third-order valence-corrected chi connectivity index (χ3v) is 3.48. The molecule has 1 heterocycles. The monoisotopic (exact) mass is 277 g/mol. The van der Waals surface area contributed by atoms with E-state index in [1.54, 1.807) is 0 Å². The summed E-state index contributed by atoms with van der Waals surface area (Å²) in [6.07, 6.45) is 0. The number of nitrogens with two attached hydrogens (primary N) is 1. The maximum Gasteiger partial charge on any atom is 0.236 e. The number of rotatable bonds is 5. The van der Waals surface area contributed by atoms with Gasteiger partial charge in [0.25, 0.3) is 0 Å². The number of ether oxygens (including phenoxy) is 1. The lowest BCUT2D eigenvalue weighted by atomic mass is 10.1. The van der Waals surface area contributed by atoms with E-state index in [9.17, 15) is 4.79 Å². The van der Waals surface area contributed by atoms with Crippen LogP contribution in [0.25, 0.3) is 0 Å². The van der Waals surface area contributed by atoms with Crippen LogP contribution in [0.5, 0.6) is 0 Å². The molecule has 110 valence electrons. The van der Waals surface area contributed by atoms with E-state index in [0.29, 0.717) is 39.4 Å². The number of nitrogens with zero attached hydrogens (tertiary/aromatic N) is 2. The minimum absolute atomic E-state index is 0.175. The Labute approximate surface area is 120 Å². The Morgan fingerprint density at radius 3 is 2.45 bits per heavy atom. The minimum atomic E-state index is 0.175. The molecule has 2 N–H and O–H groups in total. The summed E-state index contributed by atoms with van der Waals surface area (Å²) in [6, 6.07) is 8.20. The summed E-state index contributed by atoms with van der Waals surface area (Å²) in [4.78, 5) is 16.0. The number of amides is 1. The van der Waals surface area contributed by atoms with Crippen molar-refractivity contribution in [2.75, 3.05) is 39.9 Å². The quantitative estimate of drug-likeness (QED) is 0.848. The Morgan fingerprint density at radius 1 is 1.25 bits per heavy atom. The summed E-state index contributed by atoms with van der Waals surface area (Å²) < 4.78 is 5.25. The fraction of sp³-hybridized carbons (Fsp3) is 0.533. The van der Waals surface area contributed by atoms with Crippen LogP contribution in [0.4, 0.5) is 0 Å². The Kier molecular flexibility index (Phi) is 5.52. The number of hydrogen-bond donors (Lipinski definition) is 1. The first kappa shape index (κ1) is 15.0. The molecule has 1 aliphatic rings. The first-order valence-corrected chi connectivity index (χ1v) is 7.01. The number of likely N-dealkylation sites (N-methyl/N-ethyl adjacent to an activating group) is 1. The molecule has 1 aromatic rings. The van der Waals surface area contributed by atoms with Crippen LogP contribution in [-0.2, 0) is 22.6 Å². The zero-order valence-electron chi connectivity index (χ0n) is 12.0. The van der Waals surface area contributed by atoms with Crippen molar-refractivity contribution >= 4 is 5.91 Å². The number of carbonyl (C=O) groups is 1. The average Bonchev–Trinajstić information content (AvgIpc) is 2.49. The van der Waals surface area contributed by atoms with Crippen LogP contribution < -0.4 is 5.73 Å². The van der Waals surface area contributed by atoms with E-state index in [0.717, 1.165) is 12.1 Å². The molecule has 0 spiro atoms. The molecule has 0 aromatic heterocycles. The molecule has 5 heteroatoms. The van der Waals surface area contributed by atoms with Gasteiger partial charge in [-0.25, -0.2) is 0 Å². The average molecular weight is 277 g/mol. The van der Waals surface area contributed by atoms with Crippen molar-refractivity contribution in [3.8, 4) is 0 Å². The number of carbonyl (C=O) groups excluding carboxylic acids is 1. The minimum Gasteiger partial charge on any atom is -0.378 e. The van der Waals surface area contributed by atoms with E-state index in [1.165, 1.54) is 5.56 Å². The molecule has 0 bridgehead atoms. The smallest absolute Gasteiger partial charge is 0.236 e. The van der Waals surface area contributed by atoms with Crippen LogP contribution in [0, 0.1) is 0 Å². The second-order valence-corrected chi connectivity index (χ2v) is 5.19. The molecule has 0 unspecified atom stereocenters. The predicted molar refractivity (Wildman–Crippen MR) is 78.1 cm³/mol. The zero-order valence-corrected chi connectivity index (χ0v) is 12.0. The molecular formula is C15H23N3O2. The largest absolute Gasteiger partial charge is 0.378 e. The second kappa shape index (κ2) is 7.38. The SMILES string of the molecule is CN(CC(=O)N1CCOCC1)Cc1ccc(CN)cc1. The molecule has 2 rings (SSSR count). The molecule has 1 amide bonds. The Balaban J connectivity index is 1.81. The molecule has 0 saturated carbocycles. The molecule has 20 heavy (non-hydrogen) atoms. The van der Waals surface area contributed by atoms with Crippen molar-refractivity contribution in [2.24, 2.45) is 5.73 Å². The van der Waals surface area contributed by atoms with Crippen LogP contribution >= 0.6 is 0 Å². The molecule has 1 fully saturated rings. The number of hydrogen-bond acceptors (Lipinski definition) is 4. The van der Waals surface area contributed by atoms with Gasteiger partial charge in [0.1, 0.15) is 0 Å². The van der Waals surface area contributed by atoms with Crippen molar-refractivity contribution in [3.05, 3.63) is 35.4 Å². The predicted octanol–water partition coefficient (Wildman–Crippen LogP) is 0.436. The summed E-state index contributed by atoms with van der Waals surface area (Å²) >= 11 is 0. The lowest BCUT2D eigenvalue weighted by Crippen LogP contribution is -2.44. The van der Waals surface area contributed by atoms with Crippen molar-refractivity contribution in [2.45, 2.75) is 13.1 Å². The van der Waals surface area contributed by atoms with Gasteiger partial charge in [-0.2, -0.15) is 0 Å². The molecule has 1 aromatic carbocycles. The van der Waals surface area contributed by atoms with Gasteiger partial charge in [0.05, 0.1) is 19.8 Å². The molecule has 1 aliphatic heterocycles. The topological polar surface area (TPSA) is 58.8 Å². The highest BCUT2D eigenvalue weighted by Crippen LogP contribution is 2.07. The van der Waals surface area contributed by atoms with Crippen LogP contribution in [0.2, 0.25) is 0 Å². The molecule has 0 aliphatic carbocycles. The van der Waals surface area contributed by atoms with Crippen LogP contribution in [0.15, 0.2) is 24.3 Å². The van der Waals surface area contributed by atoms with E-state index in [2.05, 4.69) is 12.1 Å². The Hall–Kier alpha value is -1.43. The normalized spacial score (nSPS) is 15.7. The van der Waals surface area contributed by atoms with Gasteiger partial charge in [-0.15, -0.1) is 0 Å². The van der Waals surface area contributed by atoms with E-state index in [4.69, 9.17) is 10.5 Å². The van der Waals surface area contributed by atoms with Gasteiger partial charge < -0.3 is 15.4 Å². The van der Waals surface area contributed by atoms with Gasteiger partial charge in [0, 0.05) is 26.2 Å². The maximum atomic E-state index is 12.1. The van der Waals surface area contributed by atoms with E-state index >= 15 is 0 Å². The van der Waals surface area contributed by atoms with Crippen molar-refractivity contribution in [1.29, 1.82) is 0 Å². The van der Waals surface area contributed by atoms with Gasteiger partial charge in [0.2, 0.25) is 5.91 Å². The molecule has 1 saturated heterocycles. The highest BCUT2D eigenvalue weighted by Gasteiger charge is 2.18.